The average molecular weight is 671 g/mol. The SMILES string of the molecule is [CH3][Hf]([CH3])([c]1cccc2c1Cc1ccccc1-2)([CH]1C=Cc2ccccc21)=[Si](c1ccccc1)c1ccccc1. The van der Waals surface area contributed by atoms with Gasteiger partial charge < -0.3 is 0 Å². The summed E-state index contributed by atoms with van der Waals surface area (Å²) < 4.78 is 7.79. The number of benzene rings is 5. The van der Waals surface area contributed by atoms with E-state index in [2.05, 4.69) is 149 Å². The number of allylic oxidation sites excluding steroid dienone is 1. The van der Waals surface area contributed by atoms with Crippen molar-refractivity contribution in [3.8, 4) is 11.1 Å². The van der Waals surface area contributed by atoms with Gasteiger partial charge >= 0.3 is 229 Å². The average Bonchev–Trinajstić information content (AvgIpc) is 3.57. The van der Waals surface area contributed by atoms with E-state index < -0.39 is 22.6 Å². The Morgan fingerprint density at radius 1 is 0.605 bits per heavy atom. The zero-order chi connectivity index (χ0) is 25.8. The van der Waals surface area contributed by atoms with E-state index in [-0.39, 0.29) is 0 Å². The van der Waals surface area contributed by atoms with Gasteiger partial charge in [-0.05, 0) is 0 Å². The van der Waals surface area contributed by atoms with Crippen molar-refractivity contribution < 1.29 is 17.1 Å². The first-order chi connectivity index (χ1) is 18.6. The number of hydrogen-bond acceptors (Lipinski definition) is 0. The second kappa shape index (κ2) is 9.00. The van der Waals surface area contributed by atoms with Gasteiger partial charge in [0.05, 0.1) is 0 Å². The van der Waals surface area contributed by atoms with Crippen LogP contribution in [-0.4, -0.2) is 5.49 Å². The summed E-state index contributed by atoms with van der Waals surface area (Å²) >= 11 is -4.22. The van der Waals surface area contributed by atoms with Crippen LogP contribution in [0.4, 0.5) is 0 Å². The number of hydrogen-bond donors (Lipinski definition) is 0. The van der Waals surface area contributed by atoms with Gasteiger partial charge in [-0.3, -0.25) is 0 Å². The van der Waals surface area contributed by atoms with Gasteiger partial charge in [-0.1, -0.05) is 0 Å². The van der Waals surface area contributed by atoms with Crippen molar-refractivity contribution in [2.45, 2.75) is 19.5 Å². The fourth-order valence-corrected chi connectivity index (χ4v) is 58.6. The summed E-state index contributed by atoms with van der Waals surface area (Å²) in [5.41, 5.74) is 7.76. The van der Waals surface area contributed by atoms with Gasteiger partial charge in [0.15, 0.2) is 0 Å². The van der Waals surface area contributed by atoms with E-state index in [0.29, 0.717) is 3.67 Å². The zero-order valence-corrected chi connectivity index (χ0v) is 26.7. The van der Waals surface area contributed by atoms with Crippen molar-refractivity contribution in [2.75, 3.05) is 0 Å². The molecule has 1 unspecified atom stereocenters. The van der Waals surface area contributed by atoms with Crippen molar-refractivity contribution in [2.24, 2.45) is 0 Å². The van der Waals surface area contributed by atoms with Crippen molar-refractivity contribution in [3.63, 3.8) is 0 Å². The zero-order valence-electron chi connectivity index (χ0n) is 22.1. The Balaban J connectivity index is 1.67. The Bertz CT molecular complexity index is 1750. The van der Waals surface area contributed by atoms with Gasteiger partial charge in [-0.2, -0.15) is 0 Å². The van der Waals surface area contributed by atoms with Gasteiger partial charge in [0.25, 0.3) is 0 Å². The standard InChI is InChI=1S/C13H9.C12H10Si.C9H7.2CH3.Hf/c1-3-7-12-10(5-1)9-11-6-2-4-8-13(11)12;1-3-7-11(8-4-1)13-12-9-5-2-6-10-12;1-2-5-9-7-3-6-8(9)4-1;;;/h1-5,7-8H,9H2;1-10H;1-7H;2*1H3;. The van der Waals surface area contributed by atoms with Gasteiger partial charge in [0.2, 0.25) is 0 Å². The van der Waals surface area contributed by atoms with E-state index in [0.717, 1.165) is 6.42 Å². The summed E-state index contributed by atoms with van der Waals surface area (Å²) in [6, 6.07) is 48.6. The van der Waals surface area contributed by atoms with E-state index in [1.54, 1.807) is 19.3 Å². The normalized spacial score (nSPS) is 15.6. The van der Waals surface area contributed by atoms with Crippen molar-refractivity contribution in [1.29, 1.82) is 0 Å². The third-order valence-electron chi connectivity index (χ3n) is 9.31. The molecule has 5 aromatic rings. The summed E-state index contributed by atoms with van der Waals surface area (Å²) in [6.07, 6.45) is 6.06. The topological polar surface area (TPSA) is 0 Å². The van der Waals surface area contributed by atoms with Gasteiger partial charge in [0, 0.05) is 0 Å². The third kappa shape index (κ3) is 3.50. The number of rotatable bonds is 4. The molecule has 2 aliphatic rings. The first kappa shape index (κ1) is 24.0. The van der Waals surface area contributed by atoms with Crippen LogP contribution in [-0.2, 0) is 23.5 Å². The van der Waals surface area contributed by atoms with Crippen molar-refractivity contribution in [1.82, 2.24) is 0 Å². The minimum atomic E-state index is -4.22. The van der Waals surface area contributed by atoms with E-state index in [4.69, 9.17) is 0 Å². The maximum absolute atomic E-state index is 4.22. The molecule has 1 atom stereocenters. The van der Waals surface area contributed by atoms with Crippen LogP contribution in [0.5, 0.6) is 0 Å². The minimum absolute atomic E-state index is 0.465. The molecule has 2 heteroatoms. The summed E-state index contributed by atoms with van der Waals surface area (Å²) in [5.74, 6) is 0. The molecule has 0 spiro atoms. The van der Waals surface area contributed by atoms with Crippen LogP contribution in [0.25, 0.3) is 17.2 Å². The second-order valence-corrected chi connectivity index (χ2v) is 53.7. The third-order valence-corrected chi connectivity index (χ3v) is 56.4. The Morgan fingerprint density at radius 2 is 1.21 bits per heavy atom. The molecule has 0 nitrogen and oxygen atoms in total. The van der Waals surface area contributed by atoms with Crippen LogP contribution in [0.1, 0.15) is 25.9 Å². The van der Waals surface area contributed by atoms with Gasteiger partial charge in [-0.25, -0.2) is 0 Å². The second-order valence-electron chi connectivity index (χ2n) is 11.7. The summed E-state index contributed by atoms with van der Waals surface area (Å²) in [7, 11) is 0. The maximum atomic E-state index is 2.81. The van der Waals surface area contributed by atoms with E-state index in [9.17, 15) is 0 Å². The van der Waals surface area contributed by atoms with Crippen LogP contribution in [0, 0.1) is 0 Å². The van der Waals surface area contributed by atoms with Crippen LogP contribution in [0.2, 0.25) is 9.36 Å². The van der Waals surface area contributed by atoms with E-state index in [1.165, 1.54) is 27.8 Å². The van der Waals surface area contributed by atoms with Crippen LogP contribution in [0.15, 0.2) is 133 Å². The molecule has 0 aromatic heterocycles. The fourth-order valence-electron chi connectivity index (χ4n) is 7.61. The molecule has 2 aliphatic carbocycles. The number of fused-ring (bicyclic) bond motifs is 4. The Kier molecular flexibility index (Phi) is 5.69. The first-order valence-electron chi connectivity index (χ1n) is 13.7. The van der Waals surface area contributed by atoms with Crippen molar-refractivity contribution in [3.05, 3.63) is 156 Å². The molecule has 184 valence electrons. The quantitative estimate of drug-likeness (QED) is 0.174. The molecule has 0 aliphatic heterocycles. The molecule has 0 bridgehead atoms. The first-order valence-corrected chi connectivity index (χ1v) is 31.7. The predicted octanol–water partition coefficient (Wildman–Crippen LogP) is 7.24. The molecule has 0 radical (unpaired) electrons. The van der Waals surface area contributed by atoms with Crippen LogP contribution >= 0.6 is 0 Å². The van der Waals surface area contributed by atoms with Gasteiger partial charge in [-0.15, -0.1) is 0 Å². The van der Waals surface area contributed by atoms with E-state index >= 15 is 0 Å². The molecule has 0 N–H and O–H groups in total. The molecular weight excluding hydrogens is 639 g/mol. The summed E-state index contributed by atoms with van der Waals surface area (Å²) in [4.78, 5) is 0. The summed E-state index contributed by atoms with van der Waals surface area (Å²) in [6.45, 7) is 0. The Hall–Kier alpha value is -3.07. The van der Waals surface area contributed by atoms with Crippen molar-refractivity contribution >= 4 is 25.3 Å². The molecule has 7 rings (SSSR count). The van der Waals surface area contributed by atoms with Crippen LogP contribution < -0.4 is 13.7 Å². The van der Waals surface area contributed by atoms with E-state index in [1.807, 2.05) is 0 Å². The molecule has 0 amide bonds. The molecule has 0 heterocycles. The van der Waals surface area contributed by atoms with Gasteiger partial charge in [0.1, 0.15) is 0 Å². The predicted molar refractivity (Wildman–Crippen MR) is 162 cm³/mol. The molecular formula is C36H32HfSi. The molecule has 0 saturated carbocycles. The molecule has 5 aromatic carbocycles. The summed E-state index contributed by atoms with van der Waals surface area (Å²) in [5, 5.41) is 3.10. The molecule has 0 saturated heterocycles. The van der Waals surface area contributed by atoms with Crippen LogP contribution in [0.3, 0.4) is 0 Å². The fraction of sp³-hybridized carbons (Fsp3) is 0.111. The Morgan fingerprint density at radius 3 is 1.95 bits per heavy atom. The molecule has 0 fully saturated rings. The Labute approximate surface area is 227 Å². The molecule has 38 heavy (non-hydrogen) atoms. The monoisotopic (exact) mass is 672 g/mol.